The summed E-state index contributed by atoms with van der Waals surface area (Å²) in [7, 11) is 0. The molecular weight excluding hydrogens is 414 g/mol. The average Bonchev–Trinajstić information content (AvgIpc) is 3.41. The third-order valence-corrected chi connectivity index (χ3v) is 7.26. The van der Waals surface area contributed by atoms with Gasteiger partial charge in [-0.05, 0) is 73.3 Å². The number of fused-ring (bicyclic) bond motifs is 5. The van der Waals surface area contributed by atoms with Crippen molar-refractivity contribution in [1.82, 2.24) is 16.1 Å². The number of carbonyl (C=O) groups is 2. The lowest BCUT2D eigenvalue weighted by atomic mass is 9.76. The van der Waals surface area contributed by atoms with E-state index in [9.17, 15) is 9.59 Å². The number of hydrogen-bond donors (Lipinski definition) is 4. The highest BCUT2D eigenvalue weighted by Gasteiger charge is 2.53. The molecule has 4 atom stereocenters. The Labute approximate surface area is 196 Å². The van der Waals surface area contributed by atoms with Crippen molar-refractivity contribution in [1.29, 1.82) is 5.41 Å². The van der Waals surface area contributed by atoms with E-state index in [4.69, 9.17) is 5.41 Å². The zero-order valence-electron chi connectivity index (χ0n) is 19.4. The molecule has 0 saturated heterocycles. The number of hydrogen-bond acceptors (Lipinski definition) is 5. The van der Waals surface area contributed by atoms with Crippen LogP contribution in [0.15, 0.2) is 34.9 Å². The van der Waals surface area contributed by atoms with Crippen LogP contribution in [0.2, 0.25) is 0 Å². The Morgan fingerprint density at radius 3 is 2.70 bits per heavy atom. The Kier molecular flexibility index (Phi) is 7.57. The minimum absolute atomic E-state index is 0.00782. The maximum atomic E-state index is 13.0. The molecule has 176 valence electrons. The van der Waals surface area contributed by atoms with Gasteiger partial charge in [-0.3, -0.25) is 15.0 Å². The van der Waals surface area contributed by atoms with Gasteiger partial charge in [0, 0.05) is 38.1 Å². The van der Waals surface area contributed by atoms with E-state index in [0.717, 1.165) is 62.8 Å². The lowest BCUT2D eigenvalue weighted by Crippen LogP contribution is -2.38. The summed E-state index contributed by atoms with van der Waals surface area (Å²) in [6.45, 7) is 2.89. The molecule has 1 aromatic rings. The van der Waals surface area contributed by atoms with Crippen LogP contribution in [0.4, 0.5) is 0 Å². The molecule has 1 aromatic carbocycles. The van der Waals surface area contributed by atoms with E-state index < -0.39 is 0 Å². The second kappa shape index (κ2) is 10.8. The van der Waals surface area contributed by atoms with Gasteiger partial charge in [-0.1, -0.05) is 30.7 Å². The number of benzene rings is 1. The zero-order valence-corrected chi connectivity index (χ0v) is 19.4. The summed E-state index contributed by atoms with van der Waals surface area (Å²) in [5, 5.41) is 17.5. The Hall–Kier alpha value is -2.96. The van der Waals surface area contributed by atoms with E-state index in [1.54, 1.807) is 0 Å². The molecule has 4 unspecified atom stereocenters. The second-order valence-electron chi connectivity index (χ2n) is 9.46. The van der Waals surface area contributed by atoms with Gasteiger partial charge < -0.3 is 16.0 Å². The highest BCUT2D eigenvalue weighted by Crippen LogP contribution is 2.56. The first-order valence-corrected chi connectivity index (χ1v) is 12.2. The van der Waals surface area contributed by atoms with Crippen molar-refractivity contribution in [2.45, 2.75) is 51.9 Å². The van der Waals surface area contributed by atoms with Crippen LogP contribution < -0.4 is 16.1 Å². The van der Waals surface area contributed by atoms with Crippen molar-refractivity contribution in [2.24, 2.45) is 28.8 Å². The van der Waals surface area contributed by atoms with Crippen molar-refractivity contribution in [3.8, 4) is 0 Å². The van der Waals surface area contributed by atoms with Gasteiger partial charge in [-0.15, -0.1) is 0 Å². The summed E-state index contributed by atoms with van der Waals surface area (Å²) < 4.78 is 0. The van der Waals surface area contributed by atoms with Gasteiger partial charge in [0.15, 0.2) is 0 Å². The average molecular weight is 450 g/mol. The van der Waals surface area contributed by atoms with E-state index in [-0.39, 0.29) is 23.7 Å². The third-order valence-electron chi connectivity index (χ3n) is 7.26. The normalized spacial score (nSPS) is 24.9. The van der Waals surface area contributed by atoms with Crippen molar-refractivity contribution >= 4 is 29.9 Å². The molecule has 1 aliphatic heterocycles. The molecule has 2 fully saturated rings. The first kappa shape index (κ1) is 23.2. The summed E-state index contributed by atoms with van der Waals surface area (Å²) in [6, 6.07) is 8.45. The highest BCUT2D eigenvalue weighted by molar-refractivity contribution is 5.85. The monoisotopic (exact) mass is 449 g/mol. The number of allylic oxidation sites excluding steroid dienone is 1. The largest absolute Gasteiger partial charge is 0.356 e. The van der Waals surface area contributed by atoms with Crippen LogP contribution in [0.25, 0.3) is 5.70 Å². The van der Waals surface area contributed by atoms with Crippen molar-refractivity contribution in [2.75, 3.05) is 13.1 Å². The molecule has 0 aromatic heterocycles. The Bertz CT molecular complexity index is 937. The molecular formula is C26H35N5O2. The molecule has 7 nitrogen and oxygen atoms in total. The van der Waals surface area contributed by atoms with Crippen LogP contribution in [0.5, 0.6) is 0 Å². The fourth-order valence-corrected chi connectivity index (χ4v) is 5.65. The number of nitrogens with one attached hydrogen (secondary N) is 4. The van der Waals surface area contributed by atoms with Crippen LogP contribution in [0, 0.1) is 29.1 Å². The summed E-state index contributed by atoms with van der Waals surface area (Å²) in [5.41, 5.74) is 7.94. The number of rotatable bonds is 11. The lowest BCUT2D eigenvalue weighted by Gasteiger charge is -2.32. The molecule has 7 heteroatoms. The minimum Gasteiger partial charge on any atom is -0.356 e. The van der Waals surface area contributed by atoms with E-state index in [1.165, 1.54) is 24.3 Å². The molecule has 2 aliphatic carbocycles. The van der Waals surface area contributed by atoms with Crippen LogP contribution >= 0.6 is 0 Å². The van der Waals surface area contributed by atoms with Crippen LogP contribution in [0.1, 0.15) is 56.6 Å². The third kappa shape index (κ3) is 5.34. The van der Waals surface area contributed by atoms with Crippen LogP contribution in [-0.2, 0) is 16.0 Å². The van der Waals surface area contributed by atoms with E-state index >= 15 is 0 Å². The predicted octanol–water partition coefficient (Wildman–Crippen LogP) is 3.26. The topological polar surface area (TPSA) is 106 Å². The summed E-state index contributed by atoms with van der Waals surface area (Å²) >= 11 is 0. The molecule has 3 aliphatic rings. The number of hydrazone groups is 1. The number of amides is 2. The van der Waals surface area contributed by atoms with E-state index in [1.807, 2.05) is 6.21 Å². The summed E-state index contributed by atoms with van der Waals surface area (Å²) in [4.78, 5) is 24.1. The SMILES string of the molecule is CC(=O)NCCc1ccc(C2=C3C(C=NN2)C2CC(C(=O)NCCCCCC=N)C3C2)cc1. The molecule has 2 bridgehead atoms. The summed E-state index contributed by atoms with van der Waals surface area (Å²) in [6.07, 6.45) is 10.1. The number of nitrogens with zero attached hydrogens (tertiary/aromatic N) is 1. The maximum Gasteiger partial charge on any atom is 0.223 e. The van der Waals surface area contributed by atoms with Gasteiger partial charge in [-0.2, -0.15) is 5.10 Å². The first-order chi connectivity index (χ1) is 16.1. The molecule has 0 radical (unpaired) electrons. The van der Waals surface area contributed by atoms with Crippen molar-refractivity contribution in [3.63, 3.8) is 0 Å². The molecule has 2 amide bonds. The maximum absolute atomic E-state index is 13.0. The Balaban J connectivity index is 1.41. The number of unbranched alkanes of at least 4 members (excludes halogenated alkanes) is 3. The highest BCUT2D eigenvalue weighted by atomic mass is 16.2. The standard InChI is InChI=1S/C26H35N5O2/c1-17(32)28-13-10-18-6-8-19(9-7-18)25-24-21-14-20(23(24)16-30-31-25)15-22(21)26(33)29-12-5-3-2-4-11-27/h6-9,11,16,20-23,27,31H,2-5,10,12-15H2,1H3,(H,28,32)(H,29,33). The van der Waals surface area contributed by atoms with Gasteiger partial charge >= 0.3 is 0 Å². The van der Waals surface area contributed by atoms with Gasteiger partial charge in [-0.25, -0.2) is 0 Å². The molecule has 1 heterocycles. The molecule has 2 saturated carbocycles. The lowest BCUT2D eigenvalue weighted by molar-refractivity contribution is -0.126. The Morgan fingerprint density at radius 1 is 1.12 bits per heavy atom. The van der Waals surface area contributed by atoms with Crippen LogP contribution in [0.3, 0.4) is 0 Å². The Morgan fingerprint density at radius 2 is 1.94 bits per heavy atom. The fourth-order valence-electron chi connectivity index (χ4n) is 5.65. The number of carbonyl (C=O) groups excluding carboxylic acids is 2. The smallest absolute Gasteiger partial charge is 0.223 e. The second-order valence-corrected chi connectivity index (χ2v) is 9.46. The van der Waals surface area contributed by atoms with E-state index in [2.05, 4.69) is 45.4 Å². The zero-order chi connectivity index (χ0) is 23.2. The van der Waals surface area contributed by atoms with Crippen molar-refractivity contribution in [3.05, 3.63) is 41.0 Å². The molecule has 4 rings (SSSR count). The fraction of sp³-hybridized carbons (Fsp3) is 0.538. The predicted molar refractivity (Wildman–Crippen MR) is 131 cm³/mol. The summed E-state index contributed by atoms with van der Waals surface area (Å²) in [5.74, 6) is 1.32. The van der Waals surface area contributed by atoms with Crippen molar-refractivity contribution < 1.29 is 9.59 Å². The molecule has 0 spiro atoms. The van der Waals surface area contributed by atoms with Gasteiger partial charge in [0.2, 0.25) is 11.8 Å². The molecule has 33 heavy (non-hydrogen) atoms. The van der Waals surface area contributed by atoms with Gasteiger partial charge in [0.25, 0.3) is 0 Å². The van der Waals surface area contributed by atoms with Crippen LogP contribution in [-0.4, -0.2) is 37.3 Å². The quantitative estimate of drug-likeness (QED) is 0.308. The van der Waals surface area contributed by atoms with Gasteiger partial charge in [0.1, 0.15) is 0 Å². The van der Waals surface area contributed by atoms with Gasteiger partial charge in [0.05, 0.1) is 5.70 Å². The molecule has 4 N–H and O–H groups in total. The first-order valence-electron chi connectivity index (χ1n) is 12.2. The van der Waals surface area contributed by atoms with E-state index in [0.29, 0.717) is 18.4 Å². The minimum atomic E-state index is -0.00782.